The van der Waals surface area contributed by atoms with E-state index in [1.54, 1.807) is 0 Å². The highest BCUT2D eigenvalue weighted by Gasteiger charge is 2.36. The second-order valence-corrected chi connectivity index (χ2v) is 23.6. The highest BCUT2D eigenvalue weighted by atomic mass is 15.0. The highest BCUT2D eigenvalue weighted by Crippen LogP contribution is 2.56. The summed E-state index contributed by atoms with van der Waals surface area (Å²) in [5.41, 5.74) is 26.8. The molecule has 3 nitrogen and oxygen atoms in total. The van der Waals surface area contributed by atoms with Crippen molar-refractivity contribution in [2.75, 3.05) is 0 Å². The van der Waals surface area contributed by atoms with E-state index < -0.39 is 17.7 Å². The highest BCUT2D eigenvalue weighted by molar-refractivity contribution is 6.10. The molecule has 0 N–H and O–H groups in total. The third kappa shape index (κ3) is 7.48. The molecule has 2 aromatic heterocycles. The molecular weight excluding hydrogens is 991 g/mol. The minimum atomic E-state index is -1.03. The van der Waals surface area contributed by atoms with Crippen LogP contribution in [0.4, 0.5) is 0 Å². The van der Waals surface area contributed by atoms with Gasteiger partial charge < -0.3 is 4.57 Å². The quantitative estimate of drug-likeness (QED) is 0.166. The van der Waals surface area contributed by atoms with E-state index in [2.05, 4.69) is 223 Å². The van der Waals surface area contributed by atoms with Crippen molar-refractivity contribution < 1.29 is 4.11 Å². The minimum Gasteiger partial charge on any atom is -0.309 e. The predicted molar refractivity (Wildman–Crippen MR) is 341 cm³/mol. The van der Waals surface area contributed by atoms with Gasteiger partial charge in [-0.05, 0) is 187 Å². The minimum absolute atomic E-state index is 0.563. The molecule has 3 fully saturated rings. The molecule has 0 saturated heterocycles. The topological polar surface area (TPSA) is 30.7 Å². The summed E-state index contributed by atoms with van der Waals surface area (Å²) >= 11 is 0. The standard InChI is InChI=1S/C79H63N3/c1-2-22-49(21-1)68-47-69(50-23-3-4-24-50)77(76(51-25-5-6-26-51)75(68)52-41-43-63-58-31-10-9-29-56(58)54-27-7-8-28-55(54)57-30-11-13-34-61(57)70(63)45-52)79-80-48-72-64-44-42-53(82-73-39-19-17-36-65(73)66-37-18-20-40-74(66)82)46-71(64)62-35-14-12-32-59(62)60-33-15-16-38-67(60)78(72)81-79/h7-20,27-51H,1-6,21-26H2/i49D,50D,51D. The molecule has 394 valence electrons. The lowest BCUT2D eigenvalue weighted by molar-refractivity contribution is 0.682. The molecule has 5 aliphatic rings. The lowest BCUT2D eigenvalue weighted by Crippen LogP contribution is -2.12. The SMILES string of the molecule is [2H]C1(c2cc(C3([2H])CCCC3)c(-c3ncc4c(n3)-c3ccccc3-c3ccccc3-c3cc(-n5c6ccccc6c6ccccc65)ccc3-4)c(C3([2H])CCCC3)c2-c2ccc3c(c2)-c2ccccc2-c2ccccc2-c2ccccc2-3)CCCC1. The van der Waals surface area contributed by atoms with E-state index in [4.69, 9.17) is 9.97 Å². The van der Waals surface area contributed by atoms with Gasteiger partial charge in [0.15, 0.2) is 5.82 Å². The number of hydrogen-bond acceptors (Lipinski definition) is 2. The molecule has 3 saturated carbocycles. The van der Waals surface area contributed by atoms with E-state index >= 15 is 0 Å². The molecule has 2 heterocycles. The molecule has 0 spiro atoms. The van der Waals surface area contributed by atoms with Gasteiger partial charge in [-0.25, -0.2) is 9.97 Å². The lowest BCUT2D eigenvalue weighted by Gasteiger charge is -2.31. The van der Waals surface area contributed by atoms with Crippen molar-refractivity contribution in [1.29, 1.82) is 0 Å². The van der Waals surface area contributed by atoms with Crippen molar-refractivity contribution >= 4 is 21.8 Å². The molecule has 0 radical (unpaired) electrons. The van der Waals surface area contributed by atoms with Gasteiger partial charge in [-0.1, -0.05) is 221 Å². The number of benzene rings is 10. The number of fused-ring (bicyclic) bond motifs is 19. The Kier molecular flexibility index (Phi) is 10.6. The average molecular weight is 1060 g/mol. The van der Waals surface area contributed by atoms with Gasteiger partial charge in [-0.15, -0.1) is 0 Å². The molecule has 0 aliphatic heterocycles. The zero-order valence-electron chi connectivity index (χ0n) is 49.1. The van der Waals surface area contributed by atoms with Crippen LogP contribution in [0.2, 0.25) is 0 Å². The fraction of sp³-hybridized carbons (Fsp3) is 0.190. The molecule has 0 unspecified atom stereocenters. The van der Waals surface area contributed by atoms with Gasteiger partial charge in [0.1, 0.15) is 0 Å². The second-order valence-electron chi connectivity index (χ2n) is 23.6. The zero-order valence-corrected chi connectivity index (χ0v) is 46.1. The molecule has 5 aliphatic carbocycles. The third-order valence-electron chi connectivity index (χ3n) is 19.1. The summed E-state index contributed by atoms with van der Waals surface area (Å²) in [6.45, 7) is 0. The van der Waals surface area contributed by atoms with Crippen LogP contribution >= 0.6 is 0 Å². The van der Waals surface area contributed by atoms with Gasteiger partial charge in [0.05, 0.1) is 16.7 Å². The fourth-order valence-electron chi connectivity index (χ4n) is 15.4. The summed E-state index contributed by atoms with van der Waals surface area (Å²) < 4.78 is 35.1. The Labute approximate surface area is 485 Å². The van der Waals surface area contributed by atoms with Crippen molar-refractivity contribution in [2.45, 2.75) is 94.7 Å². The average Bonchev–Trinajstić information content (AvgIpc) is 1.91. The first-order chi connectivity index (χ1) is 41.8. The van der Waals surface area contributed by atoms with Crippen LogP contribution in [0.1, 0.15) is 116 Å². The van der Waals surface area contributed by atoms with E-state index in [-0.39, 0.29) is 0 Å². The normalized spacial score (nSPS) is 17.2. The van der Waals surface area contributed by atoms with E-state index in [1.165, 1.54) is 38.6 Å². The molecular formula is C79H63N3. The summed E-state index contributed by atoms with van der Waals surface area (Å²) in [5, 5.41) is 2.45. The third-order valence-corrected chi connectivity index (χ3v) is 19.1. The maximum Gasteiger partial charge on any atom is 0.160 e. The van der Waals surface area contributed by atoms with Crippen LogP contribution < -0.4 is 0 Å². The summed E-state index contributed by atoms with van der Waals surface area (Å²) in [7, 11) is 0. The van der Waals surface area contributed by atoms with Gasteiger partial charge in [0, 0.05) is 43.5 Å². The Hall–Kier alpha value is -8.92. The van der Waals surface area contributed by atoms with Crippen LogP contribution in [0.3, 0.4) is 0 Å². The maximum atomic E-state index is 11.2. The lowest BCUT2D eigenvalue weighted by atomic mass is 9.74. The predicted octanol–water partition coefficient (Wildman–Crippen LogP) is 21.8. The number of hydrogen-bond donors (Lipinski definition) is 0. The van der Waals surface area contributed by atoms with Gasteiger partial charge in [0.25, 0.3) is 0 Å². The van der Waals surface area contributed by atoms with Crippen molar-refractivity contribution in [3.63, 3.8) is 0 Å². The molecule has 3 heteroatoms. The summed E-state index contributed by atoms with van der Waals surface area (Å²) in [6, 6.07) is 77.8. The van der Waals surface area contributed by atoms with Crippen LogP contribution in [0.25, 0.3) is 139 Å². The van der Waals surface area contributed by atoms with Crippen molar-refractivity contribution in [3.05, 3.63) is 235 Å². The Balaban J connectivity index is 0.959. The van der Waals surface area contributed by atoms with Gasteiger partial charge >= 0.3 is 0 Å². The molecule has 82 heavy (non-hydrogen) atoms. The molecule has 17 rings (SSSR count). The fourth-order valence-corrected chi connectivity index (χ4v) is 15.4. The van der Waals surface area contributed by atoms with Crippen LogP contribution in [0.15, 0.2) is 219 Å². The maximum absolute atomic E-state index is 11.2. The largest absolute Gasteiger partial charge is 0.309 e. The number of rotatable bonds is 6. The van der Waals surface area contributed by atoms with Gasteiger partial charge in [-0.2, -0.15) is 0 Å². The van der Waals surface area contributed by atoms with Crippen LogP contribution in [0.5, 0.6) is 0 Å². The zero-order chi connectivity index (χ0) is 56.6. The van der Waals surface area contributed by atoms with Gasteiger partial charge in [-0.3, -0.25) is 0 Å². The van der Waals surface area contributed by atoms with Crippen molar-refractivity contribution in [1.82, 2.24) is 14.5 Å². The second kappa shape index (κ2) is 19.4. The van der Waals surface area contributed by atoms with Crippen LogP contribution in [-0.2, 0) is 0 Å². The number of nitrogens with zero attached hydrogens (tertiary/aromatic N) is 3. The first kappa shape index (κ1) is 44.8. The monoisotopic (exact) mass is 1060 g/mol. The Bertz CT molecular complexity index is 4680. The molecule has 0 atom stereocenters. The number of para-hydroxylation sites is 2. The summed E-state index contributed by atoms with van der Waals surface area (Å²) in [4.78, 5) is 11.7. The first-order valence-electron chi connectivity index (χ1n) is 31.6. The number of aromatic nitrogens is 3. The van der Waals surface area contributed by atoms with E-state index in [0.717, 1.165) is 163 Å². The molecule has 0 bridgehead atoms. The summed E-state index contributed by atoms with van der Waals surface area (Å²) in [5.74, 6) is -2.33. The van der Waals surface area contributed by atoms with E-state index in [1.807, 2.05) is 0 Å². The summed E-state index contributed by atoms with van der Waals surface area (Å²) in [6.07, 6.45) is 12.0. The van der Waals surface area contributed by atoms with Crippen LogP contribution in [0, 0.1) is 0 Å². The molecule has 12 aromatic rings. The van der Waals surface area contributed by atoms with Crippen LogP contribution in [-0.4, -0.2) is 14.5 Å². The van der Waals surface area contributed by atoms with E-state index in [9.17, 15) is 4.11 Å². The van der Waals surface area contributed by atoms with Crippen molar-refractivity contribution in [2.24, 2.45) is 0 Å². The Morgan fingerprint density at radius 1 is 0.341 bits per heavy atom. The smallest absolute Gasteiger partial charge is 0.160 e. The molecule has 10 aromatic carbocycles. The molecule has 0 amide bonds. The van der Waals surface area contributed by atoms with Crippen molar-refractivity contribution in [3.8, 4) is 117 Å². The Morgan fingerprint density at radius 2 is 0.732 bits per heavy atom. The Morgan fingerprint density at radius 3 is 1.26 bits per heavy atom. The van der Waals surface area contributed by atoms with Gasteiger partial charge in [0.2, 0.25) is 0 Å². The van der Waals surface area contributed by atoms with E-state index in [0.29, 0.717) is 31.5 Å². The first-order valence-corrected chi connectivity index (χ1v) is 30.1.